The molecular weight excluding hydrogens is 793 g/mol. The average Bonchev–Trinajstić information content (AvgIpc) is 2.73. The van der Waals surface area contributed by atoms with Gasteiger partial charge in [0.05, 0.1) is 12.7 Å². The molecule has 0 radical (unpaired) electrons. The Hall–Kier alpha value is -1.50. The van der Waals surface area contributed by atoms with Crippen LogP contribution in [-0.4, -0.2) is 32.0 Å². The molecule has 0 unspecified atom stereocenters. The van der Waals surface area contributed by atoms with Crippen molar-refractivity contribution in [2.24, 2.45) is 0 Å². The standard InChI is InChI=1S/C21H13I3O8S/c1-30-17-4-2-3-14(20(25)31-12-7-5-11(22)6-8-12)18(17)21(26)32-13-9-15(23)19(16(24)10-13)33(27,28)29/h2-10H,1H3,(H,27,28,29). The zero-order valence-corrected chi connectivity index (χ0v) is 23.8. The van der Waals surface area contributed by atoms with Gasteiger partial charge >= 0.3 is 11.9 Å². The molecule has 0 saturated carbocycles. The summed E-state index contributed by atoms with van der Waals surface area (Å²) in [4.78, 5) is 25.6. The monoisotopic (exact) mass is 806 g/mol. The number of hydrogen-bond acceptors (Lipinski definition) is 7. The fraction of sp³-hybridized carbons (Fsp3) is 0.0476. The molecule has 0 atom stereocenters. The number of halogens is 3. The molecule has 8 nitrogen and oxygen atoms in total. The van der Waals surface area contributed by atoms with E-state index in [1.165, 1.54) is 37.4 Å². The Kier molecular flexibility index (Phi) is 8.57. The van der Waals surface area contributed by atoms with E-state index < -0.39 is 22.1 Å². The third kappa shape index (κ3) is 6.34. The second-order valence-corrected chi connectivity index (χ2v) is 11.2. The van der Waals surface area contributed by atoms with Crippen LogP contribution in [0.15, 0.2) is 59.5 Å². The van der Waals surface area contributed by atoms with Crippen molar-refractivity contribution in [1.29, 1.82) is 0 Å². The lowest BCUT2D eigenvalue weighted by Gasteiger charge is -2.14. The minimum Gasteiger partial charge on any atom is -0.496 e. The van der Waals surface area contributed by atoms with Crippen LogP contribution >= 0.6 is 67.8 Å². The predicted octanol–water partition coefficient (Wildman–Crippen LogP) is 5.19. The number of ether oxygens (including phenoxy) is 3. The largest absolute Gasteiger partial charge is 0.496 e. The Bertz CT molecular complexity index is 1320. The highest BCUT2D eigenvalue weighted by Crippen LogP contribution is 2.31. The van der Waals surface area contributed by atoms with Gasteiger partial charge in [-0.2, -0.15) is 8.42 Å². The van der Waals surface area contributed by atoms with Crippen LogP contribution in [0, 0.1) is 10.7 Å². The molecule has 0 saturated heterocycles. The summed E-state index contributed by atoms with van der Waals surface area (Å²) in [5, 5.41) is 0. The third-order valence-electron chi connectivity index (χ3n) is 4.13. The lowest BCUT2D eigenvalue weighted by Crippen LogP contribution is -2.19. The lowest BCUT2D eigenvalue weighted by molar-refractivity contribution is 0.0688. The van der Waals surface area contributed by atoms with E-state index in [1.807, 2.05) is 0 Å². The summed E-state index contributed by atoms with van der Waals surface area (Å²) >= 11 is 5.54. The molecule has 0 aromatic heterocycles. The van der Waals surface area contributed by atoms with Crippen molar-refractivity contribution in [3.8, 4) is 17.2 Å². The summed E-state index contributed by atoms with van der Waals surface area (Å²) in [5.74, 6) is -1.28. The third-order valence-corrected chi connectivity index (χ3v) is 8.24. The summed E-state index contributed by atoms with van der Waals surface area (Å²) in [5.41, 5.74) is -0.226. The van der Waals surface area contributed by atoms with Crippen molar-refractivity contribution in [3.63, 3.8) is 0 Å². The maximum absolute atomic E-state index is 13.0. The van der Waals surface area contributed by atoms with Gasteiger partial charge in [0.2, 0.25) is 0 Å². The highest BCUT2D eigenvalue weighted by atomic mass is 127. The van der Waals surface area contributed by atoms with Gasteiger partial charge in [0, 0.05) is 10.7 Å². The van der Waals surface area contributed by atoms with Crippen LogP contribution in [0.2, 0.25) is 0 Å². The van der Waals surface area contributed by atoms with E-state index in [0.29, 0.717) is 5.75 Å². The van der Waals surface area contributed by atoms with E-state index in [4.69, 9.17) is 14.2 Å². The van der Waals surface area contributed by atoms with E-state index in [2.05, 4.69) is 22.6 Å². The Labute approximate surface area is 230 Å². The smallest absolute Gasteiger partial charge is 0.348 e. The summed E-state index contributed by atoms with van der Waals surface area (Å²) < 4.78 is 49.9. The van der Waals surface area contributed by atoms with Crippen LogP contribution in [0.3, 0.4) is 0 Å². The van der Waals surface area contributed by atoms with E-state index in [0.717, 1.165) is 3.57 Å². The minimum atomic E-state index is -4.46. The number of esters is 2. The van der Waals surface area contributed by atoms with Gasteiger partial charge in [0.25, 0.3) is 10.1 Å². The first kappa shape index (κ1) is 26.1. The fourth-order valence-electron chi connectivity index (χ4n) is 2.75. The van der Waals surface area contributed by atoms with Crippen LogP contribution < -0.4 is 14.2 Å². The van der Waals surface area contributed by atoms with Crippen molar-refractivity contribution in [2.75, 3.05) is 7.11 Å². The second-order valence-electron chi connectivity index (χ2n) is 6.31. The van der Waals surface area contributed by atoms with Crippen molar-refractivity contribution in [1.82, 2.24) is 0 Å². The molecule has 0 bridgehead atoms. The van der Waals surface area contributed by atoms with Crippen LogP contribution in [0.5, 0.6) is 17.2 Å². The van der Waals surface area contributed by atoms with Crippen molar-refractivity contribution >= 4 is 89.8 Å². The van der Waals surface area contributed by atoms with E-state index in [9.17, 15) is 22.6 Å². The molecule has 0 aliphatic heterocycles. The molecule has 33 heavy (non-hydrogen) atoms. The predicted molar refractivity (Wildman–Crippen MR) is 144 cm³/mol. The van der Waals surface area contributed by atoms with E-state index in [1.54, 1.807) is 69.4 Å². The number of carbonyl (C=O) groups is 2. The van der Waals surface area contributed by atoms with Gasteiger partial charge < -0.3 is 14.2 Å². The summed E-state index contributed by atoms with van der Waals surface area (Å²) in [6.45, 7) is 0. The number of methoxy groups -OCH3 is 1. The van der Waals surface area contributed by atoms with Gasteiger partial charge in [-0.15, -0.1) is 0 Å². The number of benzene rings is 3. The van der Waals surface area contributed by atoms with E-state index >= 15 is 0 Å². The Balaban J connectivity index is 1.96. The first-order valence-corrected chi connectivity index (χ1v) is 13.5. The van der Waals surface area contributed by atoms with Crippen LogP contribution in [-0.2, 0) is 10.1 Å². The Morgan fingerprint density at radius 3 is 1.97 bits per heavy atom. The first-order chi connectivity index (χ1) is 15.5. The van der Waals surface area contributed by atoms with Crippen LogP contribution in [0.4, 0.5) is 0 Å². The lowest BCUT2D eigenvalue weighted by atomic mass is 10.1. The Morgan fingerprint density at radius 1 is 0.848 bits per heavy atom. The van der Waals surface area contributed by atoms with Crippen molar-refractivity contribution in [3.05, 3.63) is 76.4 Å². The SMILES string of the molecule is COc1cccc(C(=O)Oc2ccc(I)cc2)c1C(=O)Oc1cc(I)c(S(=O)(=O)O)c(I)c1. The second kappa shape index (κ2) is 10.8. The molecule has 1 N–H and O–H groups in total. The van der Waals surface area contributed by atoms with Gasteiger partial charge in [-0.25, -0.2) is 9.59 Å². The molecule has 0 spiro atoms. The molecule has 12 heteroatoms. The molecule has 0 aliphatic rings. The number of rotatable bonds is 6. The first-order valence-electron chi connectivity index (χ1n) is 8.84. The highest BCUT2D eigenvalue weighted by molar-refractivity contribution is 14.1. The Morgan fingerprint density at radius 2 is 1.42 bits per heavy atom. The van der Waals surface area contributed by atoms with E-state index in [-0.39, 0.29) is 34.7 Å². The highest BCUT2D eigenvalue weighted by Gasteiger charge is 2.26. The topological polar surface area (TPSA) is 116 Å². The normalized spacial score (nSPS) is 11.1. The maximum Gasteiger partial charge on any atom is 0.348 e. The zero-order valence-electron chi connectivity index (χ0n) is 16.5. The van der Waals surface area contributed by atoms with Crippen molar-refractivity contribution < 1.29 is 36.8 Å². The molecule has 0 amide bonds. The molecule has 3 aromatic carbocycles. The molecule has 172 valence electrons. The van der Waals surface area contributed by atoms with Gasteiger partial charge in [-0.1, -0.05) is 6.07 Å². The quantitative estimate of drug-likeness (QED) is 0.157. The molecule has 0 heterocycles. The van der Waals surface area contributed by atoms with Crippen molar-refractivity contribution in [2.45, 2.75) is 4.90 Å². The molecule has 3 rings (SSSR count). The molecule has 0 aliphatic carbocycles. The summed E-state index contributed by atoms with van der Waals surface area (Å²) in [7, 11) is -3.12. The zero-order chi connectivity index (χ0) is 24.3. The van der Waals surface area contributed by atoms with Gasteiger partial charge in [0.15, 0.2) is 0 Å². The maximum atomic E-state index is 13.0. The summed E-state index contributed by atoms with van der Waals surface area (Å²) in [6.07, 6.45) is 0. The number of carbonyl (C=O) groups excluding carboxylic acids is 2. The van der Waals surface area contributed by atoms with Crippen LogP contribution in [0.1, 0.15) is 20.7 Å². The van der Waals surface area contributed by atoms with Gasteiger partial charge in [-0.05, 0) is 116 Å². The van der Waals surface area contributed by atoms with Crippen LogP contribution in [0.25, 0.3) is 0 Å². The van der Waals surface area contributed by atoms with Gasteiger partial charge in [0.1, 0.15) is 27.7 Å². The minimum absolute atomic E-state index is 0.0176. The average molecular weight is 806 g/mol. The molecular formula is C21H13I3O8S. The number of hydrogen-bond donors (Lipinski definition) is 1. The molecule has 3 aromatic rings. The fourth-order valence-corrected chi connectivity index (χ4v) is 7.10. The van der Waals surface area contributed by atoms with Gasteiger partial charge in [-0.3, -0.25) is 4.55 Å². The molecule has 0 fully saturated rings. The summed E-state index contributed by atoms with van der Waals surface area (Å²) in [6, 6.07) is 13.8.